The lowest BCUT2D eigenvalue weighted by Gasteiger charge is -2.33. The van der Waals surface area contributed by atoms with E-state index in [1.807, 2.05) is 25.2 Å². The van der Waals surface area contributed by atoms with Crippen molar-refractivity contribution in [3.63, 3.8) is 0 Å². The molecule has 1 aliphatic rings. The summed E-state index contributed by atoms with van der Waals surface area (Å²) < 4.78 is 32.3. The molecule has 188 valence electrons. The Labute approximate surface area is 213 Å². The summed E-state index contributed by atoms with van der Waals surface area (Å²) in [6.45, 7) is 3.76. The van der Waals surface area contributed by atoms with E-state index in [1.165, 1.54) is 22.3 Å². The molecular weight excluding hydrogens is 478 g/mol. The first-order valence-corrected chi connectivity index (χ1v) is 14.9. The Bertz CT molecular complexity index is 1170. The lowest BCUT2D eigenvalue weighted by molar-refractivity contribution is 0.181. The van der Waals surface area contributed by atoms with Gasteiger partial charge in [0.2, 0.25) is 10.0 Å². The Morgan fingerprint density at radius 3 is 2.60 bits per heavy atom. The smallest absolute Gasteiger partial charge is 0.229 e. The Morgan fingerprint density at radius 2 is 1.89 bits per heavy atom. The van der Waals surface area contributed by atoms with E-state index >= 15 is 0 Å². The van der Waals surface area contributed by atoms with Crippen molar-refractivity contribution in [3.8, 4) is 5.75 Å². The number of anilines is 1. The predicted octanol–water partition coefficient (Wildman–Crippen LogP) is 5.23. The summed E-state index contributed by atoms with van der Waals surface area (Å²) in [7, 11) is -1.30. The maximum Gasteiger partial charge on any atom is 0.229 e. The van der Waals surface area contributed by atoms with Gasteiger partial charge >= 0.3 is 0 Å². The third-order valence-corrected chi connectivity index (χ3v) is 7.97. The summed E-state index contributed by atoms with van der Waals surface area (Å²) in [5.41, 5.74) is 3.05. The number of piperidine rings is 1. The van der Waals surface area contributed by atoms with Gasteiger partial charge in [0.1, 0.15) is 11.9 Å². The van der Waals surface area contributed by atoms with Crippen LogP contribution in [-0.4, -0.2) is 46.3 Å². The first kappa shape index (κ1) is 25.7. The van der Waals surface area contributed by atoms with Gasteiger partial charge < -0.3 is 10.1 Å². The van der Waals surface area contributed by atoms with Gasteiger partial charge in [-0.3, -0.25) is 9.62 Å². The number of para-hydroxylation sites is 1. The first-order valence-electron chi connectivity index (χ1n) is 12.1. The molecule has 1 fully saturated rings. The van der Waals surface area contributed by atoms with Crippen molar-refractivity contribution >= 4 is 27.0 Å². The topological polar surface area (TPSA) is 70.7 Å². The van der Waals surface area contributed by atoms with Gasteiger partial charge in [-0.25, -0.2) is 8.42 Å². The molecule has 2 N–H and O–H groups in total. The Hall–Kier alpha value is -2.39. The molecule has 1 atom stereocenters. The van der Waals surface area contributed by atoms with Crippen LogP contribution in [0.1, 0.15) is 47.3 Å². The van der Waals surface area contributed by atoms with Crippen LogP contribution in [0.4, 0.5) is 5.69 Å². The molecule has 0 aliphatic carbocycles. The van der Waals surface area contributed by atoms with Crippen molar-refractivity contribution < 1.29 is 13.2 Å². The minimum Gasteiger partial charge on any atom is -0.485 e. The van der Waals surface area contributed by atoms with E-state index in [4.69, 9.17) is 4.74 Å². The number of rotatable bonds is 11. The number of thiophene rings is 1. The van der Waals surface area contributed by atoms with Crippen LogP contribution in [0.15, 0.2) is 66.0 Å². The Morgan fingerprint density at radius 1 is 1.09 bits per heavy atom. The van der Waals surface area contributed by atoms with Gasteiger partial charge in [0.05, 0.1) is 6.26 Å². The van der Waals surface area contributed by atoms with Crippen LogP contribution in [-0.2, 0) is 16.6 Å². The van der Waals surface area contributed by atoms with E-state index in [1.54, 1.807) is 17.4 Å². The van der Waals surface area contributed by atoms with Gasteiger partial charge in [-0.2, -0.15) is 0 Å². The second kappa shape index (κ2) is 12.0. The highest BCUT2D eigenvalue weighted by Gasteiger charge is 2.23. The van der Waals surface area contributed by atoms with Crippen molar-refractivity contribution in [2.45, 2.75) is 37.8 Å². The van der Waals surface area contributed by atoms with Crippen LogP contribution in [0, 0.1) is 0 Å². The van der Waals surface area contributed by atoms with Crippen molar-refractivity contribution in [1.29, 1.82) is 0 Å². The summed E-state index contributed by atoms with van der Waals surface area (Å²) in [4.78, 5) is 3.74. The first-order chi connectivity index (χ1) is 16.9. The predicted molar refractivity (Wildman–Crippen MR) is 145 cm³/mol. The van der Waals surface area contributed by atoms with Crippen LogP contribution >= 0.6 is 11.3 Å². The summed E-state index contributed by atoms with van der Waals surface area (Å²) in [5, 5.41) is 5.35. The number of likely N-dealkylation sites (tertiary alicyclic amines) is 1. The monoisotopic (exact) mass is 513 g/mol. The SMILES string of the molecule is CNCC[C@@H](Oc1ccccc1CN1CCC(c2cccc(NS(C)(=O)=O)c2)CC1)c1cccs1. The molecule has 1 aliphatic heterocycles. The number of nitrogens with one attached hydrogen (secondary N) is 2. The lowest BCUT2D eigenvalue weighted by Crippen LogP contribution is -2.32. The van der Waals surface area contributed by atoms with Gasteiger partial charge in [0.25, 0.3) is 0 Å². The van der Waals surface area contributed by atoms with Gasteiger partial charge in [0, 0.05) is 29.1 Å². The molecule has 0 bridgehead atoms. The number of ether oxygens (including phenoxy) is 1. The van der Waals surface area contributed by atoms with E-state index in [0.717, 1.165) is 51.2 Å². The quantitative estimate of drug-likeness (QED) is 0.367. The summed E-state index contributed by atoms with van der Waals surface area (Å²) in [5.74, 6) is 1.40. The molecule has 2 aromatic carbocycles. The molecule has 0 saturated carbocycles. The third kappa shape index (κ3) is 7.54. The van der Waals surface area contributed by atoms with E-state index in [0.29, 0.717) is 11.6 Å². The minimum atomic E-state index is -3.27. The molecule has 3 aromatic rings. The van der Waals surface area contributed by atoms with Crippen LogP contribution in [0.25, 0.3) is 0 Å². The zero-order valence-corrected chi connectivity index (χ0v) is 22.1. The van der Waals surface area contributed by atoms with Crippen LogP contribution < -0.4 is 14.8 Å². The highest BCUT2D eigenvalue weighted by Crippen LogP contribution is 2.33. The summed E-state index contributed by atoms with van der Waals surface area (Å²) in [6, 6.07) is 20.4. The fourth-order valence-corrected chi connectivity index (χ4v) is 5.99. The van der Waals surface area contributed by atoms with Crippen molar-refractivity contribution in [1.82, 2.24) is 10.2 Å². The molecule has 6 nitrogen and oxygen atoms in total. The van der Waals surface area contributed by atoms with E-state index < -0.39 is 10.0 Å². The molecule has 1 saturated heterocycles. The lowest BCUT2D eigenvalue weighted by atomic mass is 9.89. The highest BCUT2D eigenvalue weighted by atomic mass is 32.2. The maximum atomic E-state index is 11.6. The second-order valence-electron chi connectivity index (χ2n) is 9.17. The molecule has 0 amide bonds. The molecule has 8 heteroatoms. The third-order valence-electron chi connectivity index (χ3n) is 6.40. The second-order valence-corrected chi connectivity index (χ2v) is 11.9. The average molecular weight is 514 g/mol. The number of nitrogens with zero attached hydrogens (tertiary/aromatic N) is 1. The van der Waals surface area contributed by atoms with E-state index in [-0.39, 0.29) is 6.10 Å². The van der Waals surface area contributed by atoms with E-state index in [9.17, 15) is 8.42 Å². The number of hydrogen-bond acceptors (Lipinski definition) is 6. The van der Waals surface area contributed by atoms with Crippen LogP contribution in [0.3, 0.4) is 0 Å². The molecular formula is C27H35N3O3S2. The zero-order chi connectivity index (χ0) is 24.7. The number of sulfonamides is 1. The normalized spacial score (nSPS) is 16.2. The summed E-state index contributed by atoms with van der Waals surface area (Å²) >= 11 is 1.74. The molecule has 1 aromatic heterocycles. The van der Waals surface area contributed by atoms with Crippen molar-refractivity contribution in [2.24, 2.45) is 0 Å². The van der Waals surface area contributed by atoms with Crippen LogP contribution in [0.5, 0.6) is 5.75 Å². The van der Waals surface area contributed by atoms with Crippen LogP contribution in [0.2, 0.25) is 0 Å². The Balaban J connectivity index is 1.38. The van der Waals surface area contributed by atoms with Gasteiger partial charge in [-0.15, -0.1) is 11.3 Å². The Kier molecular flexibility index (Phi) is 8.83. The van der Waals surface area contributed by atoms with Crippen molar-refractivity contribution in [2.75, 3.05) is 37.7 Å². The van der Waals surface area contributed by atoms with Gasteiger partial charge in [-0.1, -0.05) is 36.4 Å². The van der Waals surface area contributed by atoms with E-state index in [2.05, 4.69) is 56.7 Å². The minimum absolute atomic E-state index is 0.0437. The van der Waals surface area contributed by atoms with Gasteiger partial charge in [0.15, 0.2) is 0 Å². The maximum absolute atomic E-state index is 11.6. The van der Waals surface area contributed by atoms with Crippen molar-refractivity contribution in [3.05, 3.63) is 82.0 Å². The standard InChI is InChI=1S/C27H35N3O3S2/c1-28-15-12-26(27-11-6-18-34-27)33-25-10-4-3-7-23(25)20-30-16-13-21(14-17-30)22-8-5-9-24(19-22)29-35(2,31)32/h3-11,18-19,21,26,28-29H,12-17,20H2,1-2H3/t26-/m1/s1. The largest absolute Gasteiger partial charge is 0.485 e. The zero-order valence-electron chi connectivity index (χ0n) is 20.4. The molecule has 35 heavy (non-hydrogen) atoms. The fraction of sp³-hybridized carbons (Fsp3) is 0.407. The molecule has 0 unspecified atom stereocenters. The molecule has 0 spiro atoms. The average Bonchev–Trinajstić information content (AvgIpc) is 3.37. The fourth-order valence-electron chi connectivity index (χ4n) is 4.65. The number of benzene rings is 2. The van der Waals surface area contributed by atoms with Gasteiger partial charge in [-0.05, 0) is 80.7 Å². The molecule has 4 rings (SSSR count). The number of hydrogen-bond donors (Lipinski definition) is 2. The highest BCUT2D eigenvalue weighted by molar-refractivity contribution is 7.92. The molecule has 2 heterocycles. The summed E-state index contributed by atoms with van der Waals surface area (Å²) in [6.07, 6.45) is 4.24. The molecule has 0 radical (unpaired) electrons.